The number of allylic oxidation sites excluding steroid dienone is 3. The standard InChI is InChI=1S/C16H19ClO2/c1-12(2)6-4-7-13(3)10-16(18)19-15-9-5-8-14(17)11-15/h5-6,8-11H,4,7H2,1-3H3/b13-10+. The van der Waals surface area contributed by atoms with Crippen LogP contribution in [0, 0.1) is 0 Å². The first-order valence-corrected chi connectivity index (χ1v) is 6.63. The summed E-state index contributed by atoms with van der Waals surface area (Å²) in [5.41, 5.74) is 2.29. The van der Waals surface area contributed by atoms with Crippen molar-refractivity contribution in [1.82, 2.24) is 0 Å². The van der Waals surface area contributed by atoms with Crippen molar-refractivity contribution in [3.63, 3.8) is 0 Å². The highest BCUT2D eigenvalue weighted by molar-refractivity contribution is 6.30. The molecule has 0 aliphatic carbocycles. The molecular formula is C16H19ClO2. The van der Waals surface area contributed by atoms with E-state index in [9.17, 15) is 4.79 Å². The maximum Gasteiger partial charge on any atom is 0.336 e. The minimum absolute atomic E-state index is 0.364. The quantitative estimate of drug-likeness (QED) is 0.330. The van der Waals surface area contributed by atoms with Crippen LogP contribution in [-0.4, -0.2) is 5.97 Å². The molecule has 0 spiro atoms. The van der Waals surface area contributed by atoms with Crippen LogP contribution >= 0.6 is 11.6 Å². The van der Waals surface area contributed by atoms with Gasteiger partial charge in [0.15, 0.2) is 0 Å². The van der Waals surface area contributed by atoms with Gasteiger partial charge in [-0.05, 0) is 51.8 Å². The number of hydrogen-bond acceptors (Lipinski definition) is 2. The van der Waals surface area contributed by atoms with Crippen LogP contribution in [0.25, 0.3) is 0 Å². The number of esters is 1. The molecule has 0 radical (unpaired) electrons. The fraction of sp³-hybridized carbons (Fsp3) is 0.312. The summed E-state index contributed by atoms with van der Waals surface area (Å²) in [6.07, 6.45) is 5.48. The Labute approximate surface area is 119 Å². The summed E-state index contributed by atoms with van der Waals surface area (Å²) < 4.78 is 5.18. The average Bonchev–Trinajstić information content (AvgIpc) is 2.27. The lowest BCUT2D eigenvalue weighted by molar-refractivity contribution is -0.129. The molecule has 0 amide bonds. The number of carbonyl (C=O) groups excluding carboxylic acids is 1. The smallest absolute Gasteiger partial charge is 0.336 e. The van der Waals surface area contributed by atoms with Crippen molar-refractivity contribution in [1.29, 1.82) is 0 Å². The summed E-state index contributed by atoms with van der Waals surface area (Å²) in [4.78, 5) is 11.7. The third-order valence-corrected chi connectivity index (χ3v) is 2.71. The highest BCUT2D eigenvalue weighted by Crippen LogP contribution is 2.17. The van der Waals surface area contributed by atoms with Crippen LogP contribution in [0.1, 0.15) is 33.6 Å². The van der Waals surface area contributed by atoms with Crippen molar-refractivity contribution in [2.45, 2.75) is 33.6 Å². The molecule has 2 nitrogen and oxygen atoms in total. The number of rotatable bonds is 5. The Morgan fingerprint density at radius 1 is 1.32 bits per heavy atom. The molecule has 0 unspecified atom stereocenters. The molecule has 102 valence electrons. The van der Waals surface area contributed by atoms with E-state index in [1.807, 2.05) is 6.92 Å². The van der Waals surface area contributed by atoms with E-state index in [4.69, 9.17) is 16.3 Å². The largest absolute Gasteiger partial charge is 0.423 e. The van der Waals surface area contributed by atoms with Gasteiger partial charge >= 0.3 is 5.97 Å². The minimum Gasteiger partial charge on any atom is -0.423 e. The normalized spacial score (nSPS) is 11.1. The van der Waals surface area contributed by atoms with Crippen molar-refractivity contribution >= 4 is 17.6 Å². The highest BCUT2D eigenvalue weighted by atomic mass is 35.5. The second-order valence-electron chi connectivity index (χ2n) is 4.69. The highest BCUT2D eigenvalue weighted by Gasteiger charge is 2.02. The van der Waals surface area contributed by atoms with Gasteiger partial charge in [0.2, 0.25) is 0 Å². The Kier molecular flexibility index (Phi) is 6.37. The lowest BCUT2D eigenvalue weighted by atomic mass is 10.1. The van der Waals surface area contributed by atoms with Crippen molar-refractivity contribution < 1.29 is 9.53 Å². The molecule has 0 N–H and O–H groups in total. The molecule has 0 saturated carbocycles. The Bertz CT molecular complexity index is 497. The summed E-state index contributed by atoms with van der Waals surface area (Å²) in [5.74, 6) is 0.0998. The summed E-state index contributed by atoms with van der Waals surface area (Å²) in [7, 11) is 0. The molecule has 1 rings (SSSR count). The zero-order chi connectivity index (χ0) is 14.3. The maximum absolute atomic E-state index is 11.7. The van der Waals surface area contributed by atoms with Crippen molar-refractivity contribution in [2.24, 2.45) is 0 Å². The van der Waals surface area contributed by atoms with E-state index in [2.05, 4.69) is 19.9 Å². The molecule has 0 fully saturated rings. The van der Waals surface area contributed by atoms with E-state index in [1.54, 1.807) is 24.3 Å². The summed E-state index contributed by atoms with van der Waals surface area (Å²) >= 11 is 5.82. The van der Waals surface area contributed by atoms with E-state index >= 15 is 0 Å². The van der Waals surface area contributed by atoms with Gasteiger partial charge in [0.05, 0.1) is 0 Å². The van der Waals surface area contributed by atoms with Crippen molar-refractivity contribution in [3.05, 3.63) is 52.6 Å². The van der Waals surface area contributed by atoms with E-state index in [0.717, 1.165) is 18.4 Å². The number of carbonyl (C=O) groups is 1. The summed E-state index contributed by atoms with van der Waals surface area (Å²) in [6.45, 7) is 6.05. The predicted molar refractivity (Wildman–Crippen MR) is 79.5 cm³/mol. The number of halogens is 1. The molecule has 0 heterocycles. The first-order valence-electron chi connectivity index (χ1n) is 6.25. The van der Waals surface area contributed by atoms with E-state index in [1.165, 1.54) is 11.6 Å². The average molecular weight is 279 g/mol. The molecule has 0 bridgehead atoms. The zero-order valence-electron chi connectivity index (χ0n) is 11.6. The Morgan fingerprint density at radius 2 is 2.05 bits per heavy atom. The van der Waals surface area contributed by atoms with Crippen LogP contribution in [0.15, 0.2) is 47.6 Å². The van der Waals surface area contributed by atoms with Gasteiger partial charge < -0.3 is 4.74 Å². The molecule has 0 aliphatic rings. The maximum atomic E-state index is 11.7. The molecule has 3 heteroatoms. The van der Waals surface area contributed by atoms with Gasteiger partial charge in [-0.2, -0.15) is 0 Å². The van der Waals surface area contributed by atoms with E-state index in [-0.39, 0.29) is 5.97 Å². The lowest BCUT2D eigenvalue weighted by Gasteiger charge is -2.03. The van der Waals surface area contributed by atoms with Gasteiger partial charge in [-0.3, -0.25) is 0 Å². The van der Waals surface area contributed by atoms with Crippen LogP contribution in [0.5, 0.6) is 5.75 Å². The molecule has 1 aromatic carbocycles. The van der Waals surface area contributed by atoms with Crippen molar-refractivity contribution in [2.75, 3.05) is 0 Å². The number of ether oxygens (including phenoxy) is 1. The monoisotopic (exact) mass is 278 g/mol. The SMILES string of the molecule is CC(C)=CCC/C(C)=C/C(=O)Oc1cccc(Cl)c1. The summed E-state index contributed by atoms with van der Waals surface area (Å²) in [6, 6.07) is 6.80. The summed E-state index contributed by atoms with van der Waals surface area (Å²) in [5, 5.41) is 0.551. The van der Waals surface area contributed by atoms with Gasteiger partial charge in [-0.15, -0.1) is 0 Å². The van der Waals surface area contributed by atoms with Crippen LogP contribution in [-0.2, 0) is 4.79 Å². The Morgan fingerprint density at radius 3 is 2.68 bits per heavy atom. The molecule has 0 saturated heterocycles. The predicted octanol–water partition coefficient (Wildman–Crippen LogP) is 4.94. The lowest BCUT2D eigenvalue weighted by Crippen LogP contribution is -2.04. The van der Waals surface area contributed by atoms with Crippen LogP contribution < -0.4 is 4.74 Å². The van der Waals surface area contributed by atoms with Gasteiger partial charge in [0.25, 0.3) is 0 Å². The number of benzene rings is 1. The first kappa shape index (κ1) is 15.5. The molecule has 19 heavy (non-hydrogen) atoms. The molecule has 1 aromatic rings. The van der Waals surface area contributed by atoms with Crippen LogP contribution in [0.4, 0.5) is 0 Å². The zero-order valence-corrected chi connectivity index (χ0v) is 12.3. The third kappa shape index (κ3) is 6.82. The second kappa shape index (κ2) is 7.80. The fourth-order valence-electron chi connectivity index (χ4n) is 1.54. The molecular weight excluding hydrogens is 260 g/mol. The molecule has 0 aliphatic heterocycles. The van der Waals surface area contributed by atoms with Crippen LogP contribution in [0.3, 0.4) is 0 Å². The fourth-order valence-corrected chi connectivity index (χ4v) is 1.72. The van der Waals surface area contributed by atoms with Crippen LogP contribution in [0.2, 0.25) is 5.02 Å². The van der Waals surface area contributed by atoms with E-state index < -0.39 is 0 Å². The topological polar surface area (TPSA) is 26.3 Å². The third-order valence-electron chi connectivity index (χ3n) is 2.47. The van der Waals surface area contributed by atoms with Gasteiger partial charge in [-0.25, -0.2) is 4.79 Å². The van der Waals surface area contributed by atoms with E-state index in [0.29, 0.717) is 10.8 Å². The first-order chi connectivity index (χ1) is 8.97. The van der Waals surface area contributed by atoms with Gasteiger partial charge in [0.1, 0.15) is 5.75 Å². The molecule has 0 aromatic heterocycles. The number of hydrogen-bond donors (Lipinski definition) is 0. The second-order valence-corrected chi connectivity index (χ2v) is 5.13. The minimum atomic E-state index is -0.364. The Balaban J connectivity index is 2.52. The van der Waals surface area contributed by atoms with Gasteiger partial charge in [0, 0.05) is 11.1 Å². The van der Waals surface area contributed by atoms with Crippen molar-refractivity contribution in [3.8, 4) is 5.75 Å². The molecule has 0 atom stereocenters. The Hall–Kier alpha value is -1.54. The van der Waals surface area contributed by atoms with Gasteiger partial charge in [-0.1, -0.05) is 34.9 Å².